The largest absolute Gasteiger partial charge is 0.373 e. The minimum absolute atomic E-state index is 0.382. The van der Waals surface area contributed by atoms with E-state index in [1.54, 1.807) is 0 Å². The summed E-state index contributed by atoms with van der Waals surface area (Å²) in [5.41, 5.74) is 0. The summed E-state index contributed by atoms with van der Waals surface area (Å²) in [6.45, 7) is 12.5. The Balaban J connectivity index is 1.99. The third-order valence-electron chi connectivity index (χ3n) is 4.65. The molecule has 3 nitrogen and oxygen atoms in total. The van der Waals surface area contributed by atoms with Crippen molar-refractivity contribution in [1.29, 1.82) is 0 Å². The highest BCUT2D eigenvalue weighted by Crippen LogP contribution is 2.29. The minimum atomic E-state index is 0.382. The minimum Gasteiger partial charge on any atom is -0.373 e. The van der Waals surface area contributed by atoms with Crippen LogP contribution in [-0.2, 0) is 4.74 Å². The summed E-state index contributed by atoms with van der Waals surface area (Å²) < 4.78 is 5.89. The van der Waals surface area contributed by atoms with Crippen LogP contribution in [0.15, 0.2) is 0 Å². The molecular weight excluding hydrogens is 236 g/mol. The average molecular weight is 268 g/mol. The van der Waals surface area contributed by atoms with Gasteiger partial charge in [-0.1, -0.05) is 13.8 Å². The van der Waals surface area contributed by atoms with E-state index in [1.165, 1.54) is 25.7 Å². The zero-order chi connectivity index (χ0) is 13.8. The maximum absolute atomic E-state index is 5.89. The van der Waals surface area contributed by atoms with Crippen molar-refractivity contribution in [3.63, 3.8) is 0 Å². The average Bonchev–Trinajstić information content (AvgIpc) is 2.36. The van der Waals surface area contributed by atoms with E-state index in [0.717, 1.165) is 25.6 Å². The monoisotopic (exact) mass is 268 g/mol. The molecule has 1 heterocycles. The van der Waals surface area contributed by atoms with Gasteiger partial charge in [-0.15, -0.1) is 0 Å². The Morgan fingerprint density at radius 1 is 1.11 bits per heavy atom. The maximum atomic E-state index is 5.89. The second-order valence-electron chi connectivity index (χ2n) is 6.76. The van der Waals surface area contributed by atoms with Gasteiger partial charge in [0.15, 0.2) is 0 Å². The second-order valence-corrected chi connectivity index (χ2v) is 6.76. The van der Waals surface area contributed by atoms with E-state index in [9.17, 15) is 0 Å². The standard InChI is InChI=1S/C16H32N2O/c1-5-8-17-15-7-6-12(2)9-16(15)18-10-13(3)19-14(4)11-18/h12-17H,5-11H2,1-4H3. The van der Waals surface area contributed by atoms with Gasteiger partial charge in [0.1, 0.15) is 0 Å². The molecule has 5 unspecified atom stereocenters. The number of hydrogen-bond donors (Lipinski definition) is 1. The summed E-state index contributed by atoms with van der Waals surface area (Å²) in [5, 5.41) is 3.79. The summed E-state index contributed by atoms with van der Waals surface area (Å²) in [5.74, 6) is 0.873. The first-order valence-electron chi connectivity index (χ1n) is 8.23. The normalized spacial score (nSPS) is 41.4. The topological polar surface area (TPSA) is 24.5 Å². The number of nitrogens with zero attached hydrogens (tertiary/aromatic N) is 1. The van der Waals surface area contributed by atoms with Crippen LogP contribution in [0.25, 0.3) is 0 Å². The summed E-state index contributed by atoms with van der Waals surface area (Å²) in [7, 11) is 0. The highest BCUT2D eigenvalue weighted by atomic mass is 16.5. The fourth-order valence-corrected chi connectivity index (χ4v) is 3.81. The van der Waals surface area contributed by atoms with Crippen molar-refractivity contribution in [3.8, 4) is 0 Å². The highest BCUT2D eigenvalue weighted by Gasteiger charge is 2.35. The van der Waals surface area contributed by atoms with E-state index in [-0.39, 0.29) is 0 Å². The first kappa shape index (κ1) is 15.3. The Morgan fingerprint density at radius 3 is 2.42 bits per heavy atom. The Labute approximate surface area is 119 Å². The number of rotatable bonds is 4. The molecule has 0 radical (unpaired) electrons. The molecule has 0 aromatic heterocycles. The number of nitrogens with one attached hydrogen (secondary N) is 1. The van der Waals surface area contributed by atoms with E-state index in [2.05, 4.69) is 37.9 Å². The van der Waals surface area contributed by atoms with Crippen molar-refractivity contribution >= 4 is 0 Å². The van der Waals surface area contributed by atoms with E-state index in [4.69, 9.17) is 4.74 Å². The van der Waals surface area contributed by atoms with Crippen LogP contribution in [0.3, 0.4) is 0 Å². The van der Waals surface area contributed by atoms with E-state index in [0.29, 0.717) is 24.3 Å². The molecule has 0 spiro atoms. The van der Waals surface area contributed by atoms with Crippen LogP contribution in [0.5, 0.6) is 0 Å². The van der Waals surface area contributed by atoms with Gasteiger partial charge in [-0.2, -0.15) is 0 Å². The molecule has 0 aromatic carbocycles. The molecule has 19 heavy (non-hydrogen) atoms. The molecule has 1 aliphatic carbocycles. The van der Waals surface area contributed by atoms with Crippen molar-refractivity contribution in [2.45, 2.75) is 77.7 Å². The molecular formula is C16H32N2O. The molecule has 0 aromatic rings. The predicted octanol–water partition coefficient (Wildman–Crippen LogP) is 2.65. The van der Waals surface area contributed by atoms with Gasteiger partial charge in [0.05, 0.1) is 12.2 Å². The van der Waals surface area contributed by atoms with Gasteiger partial charge in [-0.3, -0.25) is 4.90 Å². The van der Waals surface area contributed by atoms with Crippen molar-refractivity contribution in [2.75, 3.05) is 19.6 Å². The molecule has 0 bridgehead atoms. The van der Waals surface area contributed by atoms with E-state index < -0.39 is 0 Å². The molecule has 1 saturated heterocycles. The molecule has 0 amide bonds. The summed E-state index contributed by atoms with van der Waals surface area (Å²) in [4.78, 5) is 2.70. The van der Waals surface area contributed by atoms with Crippen molar-refractivity contribution in [1.82, 2.24) is 10.2 Å². The van der Waals surface area contributed by atoms with Crippen LogP contribution < -0.4 is 5.32 Å². The molecule has 3 heteroatoms. The third-order valence-corrected chi connectivity index (χ3v) is 4.65. The van der Waals surface area contributed by atoms with Crippen molar-refractivity contribution in [3.05, 3.63) is 0 Å². The zero-order valence-electron chi connectivity index (χ0n) is 13.2. The Hall–Kier alpha value is -0.120. The first-order valence-corrected chi connectivity index (χ1v) is 8.23. The number of hydrogen-bond acceptors (Lipinski definition) is 3. The number of morpholine rings is 1. The molecule has 2 fully saturated rings. The van der Waals surface area contributed by atoms with Crippen LogP contribution in [-0.4, -0.2) is 48.8 Å². The second kappa shape index (κ2) is 7.05. The van der Waals surface area contributed by atoms with Crippen LogP contribution in [0, 0.1) is 5.92 Å². The lowest BCUT2D eigenvalue weighted by molar-refractivity contribution is -0.0900. The predicted molar refractivity (Wildman–Crippen MR) is 80.5 cm³/mol. The Morgan fingerprint density at radius 2 is 1.79 bits per heavy atom. The van der Waals surface area contributed by atoms with Crippen molar-refractivity contribution < 1.29 is 4.74 Å². The molecule has 1 N–H and O–H groups in total. The lowest BCUT2D eigenvalue weighted by Crippen LogP contribution is -2.58. The fourth-order valence-electron chi connectivity index (χ4n) is 3.81. The van der Waals surface area contributed by atoms with Gasteiger partial charge in [-0.25, -0.2) is 0 Å². The van der Waals surface area contributed by atoms with Gasteiger partial charge in [0, 0.05) is 25.2 Å². The maximum Gasteiger partial charge on any atom is 0.0678 e. The fraction of sp³-hybridized carbons (Fsp3) is 1.00. The van der Waals surface area contributed by atoms with Gasteiger partial charge >= 0.3 is 0 Å². The molecule has 2 aliphatic rings. The van der Waals surface area contributed by atoms with Crippen LogP contribution in [0.2, 0.25) is 0 Å². The first-order chi connectivity index (χ1) is 9.10. The third kappa shape index (κ3) is 4.17. The summed E-state index contributed by atoms with van der Waals surface area (Å²) in [6.07, 6.45) is 6.06. The zero-order valence-corrected chi connectivity index (χ0v) is 13.2. The van der Waals surface area contributed by atoms with Crippen molar-refractivity contribution in [2.24, 2.45) is 5.92 Å². The SMILES string of the molecule is CCCNC1CCC(C)CC1N1CC(C)OC(C)C1. The molecule has 2 rings (SSSR count). The highest BCUT2D eigenvalue weighted by molar-refractivity contribution is 4.92. The molecule has 112 valence electrons. The van der Waals surface area contributed by atoms with Crippen LogP contribution in [0.1, 0.15) is 53.4 Å². The van der Waals surface area contributed by atoms with Gasteiger partial charge in [0.25, 0.3) is 0 Å². The van der Waals surface area contributed by atoms with E-state index >= 15 is 0 Å². The van der Waals surface area contributed by atoms with E-state index in [1.807, 2.05) is 0 Å². The summed E-state index contributed by atoms with van der Waals surface area (Å²) in [6, 6.07) is 1.40. The van der Waals surface area contributed by atoms with Gasteiger partial charge in [0.2, 0.25) is 0 Å². The van der Waals surface area contributed by atoms with Crippen LogP contribution in [0.4, 0.5) is 0 Å². The molecule has 1 aliphatic heterocycles. The smallest absolute Gasteiger partial charge is 0.0678 e. The number of ether oxygens (including phenoxy) is 1. The summed E-state index contributed by atoms with van der Waals surface area (Å²) >= 11 is 0. The lowest BCUT2D eigenvalue weighted by atomic mass is 9.82. The quantitative estimate of drug-likeness (QED) is 0.848. The lowest BCUT2D eigenvalue weighted by Gasteiger charge is -2.46. The molecule has 5 atom stereocenters. The molecule has 1 saturated carbocycles. The van der Waals surface area contributed by atoms with Crippen LogP contribution >= 0.6 is 0 Å². The van der Waals surface area contributed by atoms with Gasteiger partial charge in [-0.05, 0) is 52.0 Å². The Kier molecular flexibility index (Phi) is 5.67. The Bertz CT molecular complexity index is 259. The van der Waals surface area contributed by atoms with Gasteiger partial charge < -0.3 is 10.1 Å².